The van der Waals surface area contributed by atoms with Gasteiger partial charge in [-0.1, -0.05) is 50.2 Å². The predicted octanol–water partition coefficient (Wildman–Crippen LogP) is 4.19. The summed E-state index contributed by atoms with van der Waals surface area (Å²) in [6, 6.07) is 14.6. The van der Waals surface area contributed by atoms with Gasteiger partial charge in [-0.3, -0.25) is 4.99 Å². The van der Waals surface area contributed by atoms with E-state index in [1.165, 1.54) is 10.4 Å². The van der Waals surface area contributed by atoms with E-state index >= 15 is 0 Å². The van der Waals surface area contributed by atoms with Gasteiger partial charge in [0.2, 0.25) is 0 Å². The van der Waals surface area contributed by atoms with E-state index in [2.05, 4.69) is 59.1 Å². The summed E-state index contributed by atoms with van der Waals surface area (Å²) in [5.74, 6) is 0.861. The molecule has 0 spiro atoms. The fraction of sp³-hybridized carbons (Fsp3) is 0.476. The molecular weight excluding hydrogens is 342 g/mol. The first kappa shape index (κ1) is 20.5. The topological polar surface area (TPSA) is 45.7 Å². The molecule has 4 nitrogen and oxygen atoms in total. The fourth-order valence-corrected chi connectivity index (χ4v) is 3.43. The largest absolute Gasteiger partial charge is 0.377 e. The van der Waals surface area contributed by atoms with Gasteiger partial charge < -0.3 is 15.4 Å². The molecule has 0 atom stereocenters. The first-order valence-corrected chi connectivity index (χ1v) is 10.1. The van der Waals surface area contributed by atoms with Crippen molar-refractivity contribution >= 4 is 17.3 Å². The number of ether oxygens (including phenoxy) is 1. The number of rotatable bonds is 10. The summed E-state index contributed by atoms with van der Waals surface area (Å²) in [6.07, 6.45) is 2.10. The second-order valence-electron chi connectivity index (χ2n) is 6.96. The van der Waals surface area contributed by atoms with Crippen LogP contribution in [0.1, 0.15) is 37.1 Å². The number of aliphatic imine (C=N–C) groups is 1. The Morgan fingerprint density at radius 1 is 1.08 bits per heavy atom. The quantitative estimate of drug-likeness (QED) is 0.373. The third-order valence-corrected chi connectivity index (χ3v) is 5.46. The van der Waals surface area contributed by atoms with E-state index in [4.69, 9.17) is 4.74 Å². The maximum atomic E-state index is 5.71. The number of nitrogens with zero attached hydrogens (tertiary/aromatic N) is 1. The minimum Gasteiger partial charge on any atom is -0.377 e. The number of nitrogens with one attached hydrogen (secondary N) is 2. The maximum Gasteiger partial charge on any atom is 0.191 e. The van der Waals surface area contributed by atoms with Gasteiger partial charge in [-0.2, -0.15) is 0 Å². The van der Waals surface area contributed by atoms with Gasteiger partial charge in [0.1, 0.15) is 0 Å². The lowest BCUT2D eigenvalue weighted by molar-refractivity contribution is 0.117. The molecular formula is C21H31N3OS. The molecule has 5 heteroatoms. The Morgan fingerprint density at radius 3 is 2.58 bits per heavy atom. The molecule has 26 heavy (non-hydrogen) atoms. The van der Waals surface area contributed by atoms with Crippen molar-refractivity contribution in [2.75, 3.05) is 26.7 Å². The Labute approximate surface area is 161 Å². The number of thiophene rings is 1. The van der Waals surface area contributed by atoms with Crippen LogP contribution in [-0.2, 0) is 16.8 Å². The van der Waals surface area contributed by atoms with E-state index in [1.807, 2.05) is 25.2 Å². The first-order chi connectivity index (χ1) is 12.6. The van der Waals surface area contributed by atoms with Crippen molar-refractivity contribution in [3.8, 4) is 0 Å². The van der Waals surface area contributed by atoms with Crippen molar-refractivity contribution in [2.24, 2.45) is 4.99 Å². The average Bonchev–Trinajstić information content (AvgIpc) is 3.20. The molecule has 0 aliphatic heterocycles. The number of hydrogen-bond acceptors (Lipinski definition) is 3. The Bertz CT molecular complexity index is 639. The van der Waals surface area contributed by atoms with Crippen LogP contribution in [0.25, 0.3) is 0 Å². The fourth-order valence-electron chi connectivity index (χ4n) is 2.58. The Hall–Kier alpha value is -1.85. The lowest BCUT2D eigenvalue weighted by atomic mass is 9.91. The van der Waals surface area contributed by atoms with Gasteiger partial charge >= 0.3 is 0 Å². The molecule has 142 valence electrons. The zero-order valence-electron chi connectivity index (χ0n) is 16.1. The zero-order chi connectivity index (χ0) is 18.7. The lowest BCUT2D eigenvalue weighted by Crippen LogP contribution is -2.43. The highest BCUT2D eigenvalue weighted by molar-refractivity contribution is 7.10. The van der Waals surface area contributed by atoms with Crippen molar-refractivity contribution in [3.05, 3.63) is 58.3 Å². The van der Waals surface area contributed by atoms with Crippen LogP contribution < -0.4 is 10.6 Å². The molecule has 1 aromatic carbocycles. The molecule has 0 aliphatic carbocycles. The second kappa shape index (κ2) is 11.0. The molecule has 0 fully saturated rings. The van der Waals surface area contributed by atoms with Crippen LogP contribution in [0.3, 0.4) is 0 Å². The van der Waals surface area contributed by atoms with Crippen LogP contribution in [0.4, 0.5) is 0 Å². The molecule has 2 N–H and O–H groups in total. The number of unbranched alkanes of at least 4 members (excludes halogenated alkanes) is 1. The Balaban J connectivity index is 1.56. The van der Waals surface area contributed by atoms with Gasteiger partial charge in [-0.15, -0.1) is 11.3 Å². The van der Waals surface area contributed by atoms with Crippen molar-refractivity contribution in [1.82, 2.24) is 10.6 Å². The summed E-state index contributed by atoms with van der Waals surface area (Å²) in [7, 11) is 1.82. The van der Waals surface area contributed by atoms with Crippen molar-refractivity contribution < 1.29 is 4.74 Å². The van der Waals surface area contributed by atoms with Crippen LogP contribution in [0, 0.1) is 0 Å². The van der Waals surface area contributed by atoms with E-state index < -0.39 is 0 Å². The van der Waals surface area contributed by atoms with E-state index in [-0.39, 0.29) is 5.41 Å². The molecule has 0 radical (unpaired) electrons. The molecule has 1 heterocycles. The first-order valence-electron chi connectivity index (χ1n) is 9.22. The SMILES string of the molecule is CN=C(NCCCCOCc1ccccc1)NCC(C)(C)c1cccs1. The molecule has 0 saturated heterocycles. The summed E-state index contributed by atoms with van der Waals surface area (Å²) in [5.41, 5.74) is 1.32. The number of hydrogen-bond donors (Lipinski definition) is 2. The minimum absolute atomic E-state index is 0.0943. The van der Waals surface area contributed by atoms with Crippen LogP contribution in [0.5, 0.6) is 0 Å². The molecule has 2 aromatic rings. The summed E-state index contributed by atoms with van der Waals surface area (Å²) < 4.78 is 5.71. The van der Waals surface area contributed by atoms with Crippen molar-refractivity contribution in [3.63, 3.8) is 0 Å². The summed E-state index contributed by atoms with van der Waals surface area (Å²) in [4.78, 5) is 5.70. The molecule has 0 unspecified atom stereocenters. The third-order valence-electron chi connectivity index (χ3n) is 4.23. The summed E-state index contributed by atoms with van der Waals surface area (Å²) >= 11 is 1.80. The van der Waals surface area contributed by atoms with Gasteiger partial charge in [0, 0.05) is 37.0 Å². The molecule has 0 aliphatic rings. The highest BCUT2D eigenvalue weighted by Crippen LogP contribution is 2.26. The Kier molecular flexibility index (Phi) is 8.65. The van der Waals surface area contributed by atoms with Crippen molar-refractivity contribution in [2.45, 2.75) is 38.7 Å². The third kappa shape index (κ3) is 7.18. The van der Waals surface area contributed by atoms with Gasteiger partial charge in [0.15, 0.2) is 5.96 Å². The van der Waals surface area contributed by atoms with Crippen LogP contribution >= 0.6 is 11.3 Å². The standard InChI is InChI=1S/C21H31N3OS/c1-21(2,19-12-9-15-26-19)17-24-20(22-3)23-13-7-8-14-25-16-18-10-5-4-6-11-18/h4-6,9-12,15H,7-8,13-14,16-17H2,1-3H3,(H2,22,23,24). The molecule has 0 bridgehead atoms. The van der Waals surface area contributed by atoms with E-state index in [0.29, 0.717) is 6.61 Å². The average molecular weight is 374 g/mol. The molecule has 0 amide bonds. The summed E-state index contributed by atoms with van der Waals surface area (Å²) in [6.45, 7) is 7.73. The minimum atomic E-state index is 0.0943. The number of benzene rings is 1. The number of guanidine groups is 1. The molecule has 1 aromatic heterocycles. The zero-order valence-corrected chi connectivity index (χ0v) is 16.9. The van der Waals surface area contributed by atoms with Gasteiger partial charge in [0.25, 0.3) is 0 Å². The highest BCUT2D eigenvalue weighted by atomic mass is 32.1. The Morgan fingerprint density at radius 2 is 1.88 bits per heavy atom. The lowest BCUT2D eigenvalue weighted by Gasteiger charge is -2.25. The normalized spacial score (nSPS) is 12.2. The second-order valence-corrected chi connectivity index (χ2v) is 7.91. The van der Waals surface area contributed by atoms with E-state index in [0.717, 1.165) is 38.5 Å². The van der Waals surface area contributed by atoms with Crippen molar-refractivity contribution in [1.29, 1.82) is 0 Å². The molecule has 2 rings (SSSR count). The smallest absolute Gasteiger partial charge is 0.191 e. The predicted molar refractivity (Wildman–Crippen MR) is 112 cm³/mol. The molecule has 0 saturated carbocycles. The monoisotopic (exact) mass is 373 g/mol. The van der Waals surface area contributed by atoms with Crippen LogP contribution in [0.15, 0.2) is 52.8 Å². The van der Waals surface area contributed by atoms with E-state index in [1.54, 1.807) is 11.3 Å². The van der Waals surface area contributed by atoms with E-state index in [9.17, 15) is 0 Å². The van der Waals surface area contributed by atoms with Gasteiger partial charge in [-0.05, 0) is 29.9 Å². The van der Waals surface area contributed by atoms with Crippen LogP contribution in [0.2, 0.25) is 0 Å². The summed E-state index contributed by atoms with van der Waals surface area (Å²) in [5, 5.41) is 8.95. The van der Waals surface area contributed by atoms with Crippen LogP contribution in [-0.4, -0.2) is 32.7 Å². The van der Waals surface area contributed by atoms with Gasteiger partial charge in [-0.25, -0.2) is 0 Å². The van der Waals surface area contributed by atoms with Gasteiger partial charge in [0.05, 0.1) is 6.61 Å². The highest BCUT2D eigenvalue weighted by Gasteiger charge is 2.21. The maximum absolute atomic E-state index is 5.71.